The molecule has 0 radical (unpaired) electrons. The van der Waals surface area contributed by atoms with Gasteiger partial charge in [-0.3, -0.25) is 33.6 Å². The number of hydrogen-bond acceptors (Lipinski definition) is 10. The van der Waals surface area contributed by atoms with Gasteiger partial charge in [0.25, 0.3) is 0 Å². The third kappa shape index (κ3) is 13.7. The van der Waals surface area contributed by atoms with Crippen LogP contribution >= 0.6 is 0 Å². The van der Waals surface area contributed by atoms with E-state index in [1.165, 1.54) is 10.5 Å². The highest BCUT2D eigenvalue weighted by Crippen LogP contribution is 2.53. The molecule has 0 bridgehead atoms. The molecule has 11 N–H and O–H groups in total. The molecule has 2 aromatic rings. The van der Waals surface area contributed by atoms with Crippen LogP contribution in [0.25, 0.3) is 0 Å². The van der Waals surface area contributed by atoms with Crippen LogP contribution in [0.5, 0.6) is 0 Å². The molecule has 0 spiro atoms. The van der Waals surface area contributed by atoms with E-state index in [1.807, 2.05) is 52.0 Å². The Balaban J connectivity index is 1.86. The highest BCUT2D eigenvalue weighted by Gasteiger charge is 2.61. The smallest absolute Gasteiger partial charge is 0.326 e. The van der Waals surface area contributed by atoms with Crippen molar-refractivity contribution in [2.24, 2.45) is 17.4 Å². The standard InChI is InChI=1S/C48H66N8O10/c1-6-30(5)41(55-39(58)27-49)44(63)53-36(25-31-15-8-7-9-16-31)45(64)56-37(43(62)51-34(20-22-40(59)60)42(61)52-35(46(65)66)19-21-38(50)57)26-48(24-23-29(4)14-12-13-28(2)3)32-17-10-11-18-33(32)54-47(48)56/h7-11,13,15-18,23,30,34-37,41,47,54H,6,12,14,19-22,24-27,49H2,1-5H3,(H2,50,57)(H,51,62)(H,52,61)(H,53,63)(H,55,58)(H,59,60)(H,65,66)/b29-23+/t30-,34-,35-,36-,37+,41-,47+,48+/m0/s1. The number of aliphatic carboxylic acids is 2. The minimum absolute atomic E-state index is 0.0180. The lowest BCUT2D eigenvalue weighted by molar-refractivity contribution is -0.145. The molecule has 0 aliphatic carbocycles. The lowest BCUT2D eigenvalue weighted by Crippen LogP contribution is -2.62. The molecule has 66 heavy (non-hydrogen) atoms. The molecule has 0 unspecified atom stereocenters. The Morgan fingerprint density at radius 3 is 2.11 bits per heavy atom. The maximum atomic E-state index is 15.6. The predicted octanol–water partition coefficient (Wildman–Crippen LogP) is 2.76. The first kappa shape index (κ1) is 52.1. The molecule has 2 aromatic carbocycles. The molecule has 1 saturated heterocycles. The summed E-state index contributed by atoms with van der Waals surface area (Å²) >= 11 is 0. The van der Waals surface area contributed by atoms with E-state index in [1.54, 1.807) is 37.3 Å². The van der Waals surface area contributed by atoms with Crippen LogP contribution in [0.1, 0.15) is 104 Å². The number of rotatable bonds is 25. The average Bonchev–Trinajstić information content (AvgIpc) is 3.77. The average molecular weight is 915 g/mol. The largest absolute Gasteiger partial charge is 0.481 e. The number of fused-ring (bicyclic) bond motifs is 3. The van der Waals surface area contributed by atoms with Crippen molar-refractivity contribution in [1.82, 2.24) is 26.2 Å². The first-order valence-corrected chi connectivity index (χ1v) is 22.5. The second kappa shape index (κ2) is 24.1. The zero-order chi connectivity index (χ0) is 48.7. The number of likely N-dealkylation sites (tertiary alicyclic amines) is 1. The fraction of sp³-hybridized carbons (Fsp3) is 0.500. The number of anilines is 1. The van der Waals surface area contributed by atoms with E-state index in [-0.39, 0.29) is 38.1 Å². The minimum atomic E-state index is -1.59. The molecule has 4 rings (SSSR count). The van der Waals surface area contributed by atoms with Crippen LogP contribution in [0.2, 0.25) is 0 Å². The first-order valence-electron chi connectivity index (χ1n) is 22.5. The van der Waals surface area contributed by atoms with E-state index in [9.17, 15) is 43.8 Å². The summed E-state index contributed by atoms with van der Waals surface area (Å²) in [6.07, 6.45) is 4.02. The summed E-state index contributed by atoms with van der Waals surface area (Å²) in [5.41, 5.74) is 14.4. The minimum Gasteiger partial charge on any atom is -0.481 e. The van der Waals surface area contributed by atoms with Gasteiger partial charge in [0.05, 0.1) is 6.54 Å². The van der Waals surface area contributed by atoms with Crippen LogP contribution < -0.4 is 38.1 Å². The highest BCUT2D eigenvalue weighted by molar-refractivity contribution is 5.98. The number of carbonyl (C=O) groups is 8. The van der Waals surface area contributed by atoms with Gasteiger partial charge in [0.1, 0.15) is 36.4 Å². The SMILES string of the molecule is CC[C@H](C)[C@H](NC(=O)CN)C(=O)N[C@@H](Cc1ccccc1)C(=O)N1[C@@H](C(=O)N[C@@H](CCC(=O)O)C(=O)N[C@@H](CCC(N)=O)C(=O)O)C[C@]2(C/C=C(\C)CCC=C(C)C)c3ccccc3N[C@H]12. The molecule has 0 aromatic heterocycles. The Hall–Kier alpha value is -6.56. The summed E-state index contributed by atoms with van der Waals surface area (Å²) in [5, 5.41) is 33.5. The second-order valence-corrected chi connectivity index (χ2v) is 17.6. The van der Waals surface area contributed by atoms with Gasteiger partial charge in [-0.15, -0.1) is 0 Å². The predicted molar refractivity (Wildman–Crippen MR) is 247 cm³/mol. The Morgan fingerprint density at radius 2 is 1.48 bits per heavy atom. The summed E-state index contributed by atoms with van der Waals surface area (Å²) in [7, 11) is 0. The summed E-state index contributed by atoms with van der Waals surface area (Å²) in [6, 6.07) is 9.60. The molecule has 2 aliphatic rings. The molecule has 2 aliphatic heterocycles. The number of primary amides is 1. The van der Waals surface area contributed by atoms with Crippen LogP contribution in [0, 0.1) is 5.92 Å². The van der Waals surface area contributed by atoms with E-state index < -0.39 is 102 Å². The van der Waals surface area contributed by atoms with E-state index in [0.717, 1.165) is 29.7 Å². The fourth-order valence-electron chi connectivity index (χ4n) is 8.55. The number of carboxylic acids is 2. The van der Waals surface area contributed by atoms with Crippen molar-refractivity contribution in [3.05, 3.63) is 89.0 Å². The Morgan fingerprint density at radius 1 is 0.833 bits per heavy atom. The second-order valence-electron chi connectivity index (χ2n) is 17.6. The van der Waals surface area contributed by atoms with Gasteiger partial charge in [-0.1, -0.05) is 92.1 Å². The molecule has 1 fully saturated rings. The Kier molecular flexibility index (Phi) is 19.0. The monoisotopic (exact) mass is 914 g/mol. The lowest BCUT2D eigenvalue weighted by Gasteiger charge is -2.36. The summed E-state index contributed by atoms with van der Waals surface area (Å²) in [4.78, 5) is 108. The quantitative estimate of drug-likeness (QED) is 0.0651. The molecular weight excluding hydrogens is 849 g/mol. The lowest BCUT2D eigenvalue weighted by atomic mass is 9.74. The molecule has 18 nitrogen and oxygen atoms in total. The molecule has 18 heteroatoms. The number of para-hydroxylation sites is 1. The van der Waals surface area contributed by atoms with Crippen LogP contribution in [0.15, 0.2) is 77.9 Å². The van der Waals surface area contributed by atoms with Gasteiger partial charge in [-0.05, 0) is 82.4 Å². The molecular formula is C48H66N8O10. The molecule has 6 amide bonds. The first-order chi connectivity index (χ1) is 31.3. The summed E-state index contributed by atoms with van der Waals surface area (Å²) in [5.74, 6) is -7.64. The van der Waals surface area contributed by atoms with E-state index in [4.69, 9.17) is 11.5 Å². The van der Waals surface area contributed by atoms with Crippen LogP contribution in [0.3, 0.4) is 0 Å². The Bertz CT molecular complexity index is 2160. The highest BCUT2D eigenvalue weighted by atomic mass is 16.4. The number of carboxylic acid groups (broad SMARTS) is 2. The number of hydrogen-bond donors (Lipinski definition) is 9. The topological polar surface area (TPSA) is 292 Å². The van der Waals surface area contributed by atoms with Crippen LogP contribution in [0.4, 0.5) is 5.69 Å². The third-order valence-corrected chi connectivity index (χ3v) is 12.4. The Labute approximate surface area is 385 Å². The van der Waals surface area contributed by atoms with E-state index >= 15 is 4.79 Å². The number of carbonyl (C=O) groups excluding carboxylic acids is 6. The van der Waals surface area contributed by atoms with Crippen LogP contribution in [-0.4, -0.2) is 105 Å². The zero-order valence-electron chi connectivity index (χ0n) is 38.4. The third-order valence-electron chi connectivity index (χ3n) is 12.4. The number of nitrogens with zero attached hydrogens (tertiary/aromatic N) is 1. The number of amides is 6. The van der Waals surface area contributed by atoms with Gasteiger partial charge in [0.15, 0.2) is 0 Å². The van der Waals surface area contributed by atoms with Gasteiger partial charge in [-0.2, -0.15) is 0 Å². The van der Waals surface area contributed by atoms with E-state index in [2.05, 4.69) is 38.7 Å². The number of allylic oxidation sites excluding steroid dienone is 4. The molecule has 0 saturated carbocycles. The van der Waals surface area contributed by atoms with Crippen LogP contribution in [-0.2, 0) is 50.2 Å². The number of nitrogens with two attached hydrogens (primary N) is 2. The van der Waals surface area contributed by atoms with Gasteiger partial charge >= 0.3 is 11.9 Å². The van der Waals surface area contributed by atoms with Crippen molar-refractivity contribution >= 4 is 53.1 Å². The van der Waals surface area contributed by atoms with Crippen molar-refractivity contribution in [2.45, 2.75) is 141 Å². The number of benzene rings is 2. The van der Waals surface area contributed by atoms with Crippen molar-refractivity contribution in [3.63, 3.8) is 0 Å². The van der Waals surface area contributed by atoms with E-state index in [0.29, 0.717) is 18.4 Å². The van der Waals surface area contributed by atoms with Gasteiger partial charge in [0.2, 0.25) is 35.4 Å². The molecule has 2 heterocycles. The van der Waals surface area contributed by atoms with Crippen molar-refractivity contribution in [1.29, 1.82) is 0 Å². The van der Waals surface area contributed by atoms with Crippen molar-refractivity contribution in [3.8, 4) is 0 Å². The fourth-order valence-corrected chi connectivity index (χ4v) is 8.55. The van der Waals surface area contributed by atoms with Crippen molar-refractivity contribution in [2.75, 3.05) is 11.9 Å². The molecule has 8 atom stereocenters. The van der Waals surface area contributed by atoms with Gasteiger partial charge < -0.3 is 53.2 Å². The zero-order valence-corrected chi connectivity index (χ0v) is 38.4. The maximum absolute atomic E-state index is 15.6. The maximum Gasteiger partial charge on any atom is 0.326 e. The normalized spacial score (nSPS) is 19.6. The van der Waals surface area contributed by atoms with Gasteiger partial charge in [0, 0.05) is 30.4 Å². The summed E-state index contributed by atoms with van der Waals surface area (Å²) < 4.78 is 0. The molecule has 358 valence electrons. The van der Waals surface area contributed by atoms with Crippen molar-refractivity contribution < 1.29 is 48.6 Å². The summed E-state index contributed by atoms with van der Waals surface area (Å²) in [6.45, 7) is 9.34. The van der Waals surface area contributed by atoms with Gasteiger partial charge in [-0.25, -0.2) is 4.79 Å². The number of nitrogens with one attached hydrogen (secondary N) is 5.